The third-order valence-electron chi connectivity index (χ3n) is 4.95. The second-order valence-electron chi connectivity index (χ2n) is 7.23. The molecule has 0 spiro atoms. The van der Waals surface area contributed by atoms with Gasteiger partial charge >= 0.3 is 6.03 Å². The molecule has 2 heterocycles. The number of benzene rings is 1. The first-order valence-corrected chi connectivity index (χ1v) is 9.03. The molecule has 138 valence electrons. The fourth-order valence-corrected chi connectivity index (χ4v) is 3.37. The van der Waals surface area contributed by atoms with Gasteiger partial charge in [0.1, 0.15) is 0 Å². The Hall–Kier alpha value is -2.70. The number of H-pyrrole nitrogens is 1. The Morgan fingerprint density at radius 2 is 2.04 bits per heavy atom. The van der Waals surface area contributed by atoms with E-state index in [0.717, 1.165) is 24.9 Å². The first kappa shape index (κ1) is 18.1. The average molecular weight is 355 g/mol. The molecule has 2 N–H and O–H groups in total. The van der Waals surface area contributed by atoms with Gasteiger partial charge in [-0.05, 0) is 33.1 Å². The minimum absolute atomic E-state index is 0.160. The highest BCUT2D eigenvalue weighted by Crippen LogP contribution is 2.28. The highest BCUT2D eigenvalue weighted by Gasteiger charge is 2.36. The zero-order valence-corrected chi connectivity index (χ0v) is 15.5. The van der Waals surface area contributed by atoms with E-state index in [9.17, 15) is 9.59 Å². The van der Waals surface area contributed by atoms with Gasteiger partial charge in [-0.3, -0.25) is 4.79 Å². The van der Waals surface area contributed by atoms with Gasteiger partial charge in [-0.1, -0.05) is 37.3 Å². The van der Waals surface area contributed by atoms with Crippen molar-refractivity contribution in [2.75, 3.05) is 6.54 Å². The molecule has 0 bridgehead atoms. The highest BCUT2D eigenvalue weighted by molar-refractivity contribution is 5.75. The van der Waals surface area contributed by atoms with Gasteiger partial charge in [-0.25, -0.2) is 4.79 Å². The first-order valence-electron chi connectivity index (χ1n) is 9.03. The van der Waals surface area contributed by atoms with E-state index < -0.39 is 6.04 Å². The SMILES string of the molecule is CCC(NC(=O)N1CCCC1(C)C)c1nnc(-c2ccccc2)[nH]c1=O. The summed E-state index contributed by atoms with van der Waals surface area (Å²) >= 11 is 0. The zero-order chi connectivity index (χ0) is 18.7. The molecular formula is C19H25N5O2. The molecule has 1 atom stereocenters. The van der Waals surface area contributed by atoms with Crippen molar-refractivity contribution in [2.24, 2.45) is 0 Å². The van der Waals surface area contributed by atoms with Gasteiger partial charge in [-0.2, -0.15) is 0 Å². The number of rotatable bonds is 4. The van der Waals surface area contributed by atoms with Crippen molar-refractivity contribution in [3.05, 3.63) is 46.4 Å². The summed E-state index contributed by atoms with van der Waals surface area (Å²) in [6.45, 7) is 6.75. The summed E-state index contributed by atoms with van der Waals surface area (Å²) < 4.78 is 0. The number of carbonyl (C=O) groups is 1. The Balaban J connectivity index is 1.80. The maximum Gasteiger partial charge on any atom is 0.318 e. The number of amides is 2. The lowest BCUT2D eigenvalue weighted by Crippen LogP contribution is -2.49. The van der Waals surface area contributed by atoms with Crippen LogP contribution in [0.4, 0.5) is 4.79 Å². The largest absolute Gasteiger partial charge is 0.329 e. The van der Waals surface area contributed by atoms with Crippen LogP contribution in [0.1, 0.15) is 51.8 Å². The Labute approximate surface area is 152 Å². The first-order chi connectivity index (χ1) is 12.4. The van der Waals surface area contributed by atoms with Crippen LogP contribution in [0.15, 0.2) is 35.1 Å². The van der Waals surface area contributed by atoms with Crippen LogP contribution in [0.25, 0.3) is 11.4 Å². The van der Waals surface area contributed by atoms with E-state index in [2.05, 4.69) is 34.3 Å². The highest BCUT2D eigenvalue weighted by atomic mass is 16.2. The number of hydrogen-bond donors (Lipinski definition) is 2. The van der Waals surface area contributed by atoms with Crippen molar-refractivity contribution < 1.29 is 4.79 Å². The van der Waals surface area contributed by atoms with E-state index in [4.69, 9.17) is 0 Å². The predicted octanol–water partition coefficient (Wildman–Crippen LogP) is 2.87. The second kappa shape index (κ2) is 7.27. The summed E-state index contributed by atoms with van der Waals surface area (Å²) in [7, 11) is 0. The number of likely N-dealkylation sites (tertiary alicyclic amines) is 1. The van der Waals surface area contributed by atoms with E-state index in [1.165, 1.54) is 0 Å². The van der Waals surface area contributed by atoms with Gasteiger partial charge in [0.15, 0.2) is 11.5 Å². The van der Waals surface area contributed by atoms with Gasteiger partial charge < -0.3 is 15.2 Å². The average Bonchev–Trinajstić information content (AvgIpc) is 3.00. The Morgan fingerprint density at radius 3 is 2.62 bits per heavy atom. The van der Waals surface area contributed by atoms with Crippen molar-refractivity contribution in [3.63, 3.8) is 0 Å². The van der Waals surface area contributed by atoms with Crippen molar-refractivity contribution in [1.29, 1.82) is 0 Å². The Morgan fingerprint density at radius 1 is 1.31 bits per heavy atom. The van der Waals surface area contributed by atoms with Crippen LogP contribution in [0, 0.1) is 0 Å². The molecule has 2 amide bonds. The molecule has 1 fully saturated rings. The molecule has 7 nitrogen and oxygen atoms in total. The monoisotopic (exact) mass is 355 g/mol. The number of nitrogens with one attached hydrogen (secondary N) is 2. The molecule has 1 aliphatic heterocycles. The maximum atomic E-state index is 12.7. The van der Waals surface area contributed by atoms with Crippen molar-refractivity contribution in [1.82, 2.24) is 25.4 Å². The van der Waals surface area contributed by atoms with E-state index in [0.29, 0.717) is 12.2 Å². The molecule has 0 radical (unpaired) electrons. The van der Waals surface area contributed by atoms with Gasteiger partial charge in [0, 0.05) is 17.6 Å². The Kier molecular flexibility index (Phi) is 5.06. The predicted molar refractivity (Wildman–Crippen MR) is 99.7 cm³/mol. The molecular weight excluding hydrogens is 330 g/mol. The molecule has 0 saturated carbocycles. The molecule has 1 aromatic carbocycles. The molecule has 1 aromatic heterocycles. The van der Waals surface area contributed by atoms with Gasteiger partial charge in [0.25, 0.3) is 5.56 Å². The van der Waals surface area contributed by atoms with Crippen LogP contribution in [0.3, 0.4) is 0 Å². The van der Waals surface area contributed by atoms with Crippen LogP contribution in [-0.2, 0) is 0 Å². The number of nitrogens with zero attached hydrogens (tertiary/aromatic N) is 3. The molecule has 7 heteroatoms. The summed E-state index contributed by atoms with van der Waals surface area (Å²) in [6.07, 6.45) is 2.52. The van der Waals surface area contributed by atoms with E-state index >= 15 is 0 Å². The fraction of sp³-hybridized carbons (Fsp3) is 0.474. The lowest BCUT2D eigenvalue weighted by atomic mass is 10.0. The summed E-state index contributed by atoms with van der Waals surface area (Å²) in [6, 6.07) is 8.72. The topological polar surface area (TPSA) is 91.0 Å². The molecule has 0 aliphatic carbocycles. The van der Waals surface area contributed by atoms with Crippen LogP contribution in [0.2, 0.25) is 0 Å². The minimum atomic E-state index is -0.472. The third-order valence-corrected chi connectivity index (χ3v) is 4.95. The summed E-state index contributed by atoms with van der Waals surface area (Å²) in [5.41, 5.74) is 0.529. The zero-order valence-electron chi connectivity index (χ0n) is 15.5. The minimum Gasteiger partial charge on any atom is -0.329 e. The van der Waals surface area contributed by atoms with Crippen LogP contribution in [-0.4, -0.2) is 38.2 Å². The van der Waals surface area contributed by atoms with Crippen LogP contribution in [0.5, 0.6) is 0 Å². The number of aromatic nitrogens is 3. The number of aromatic amines is 1. The lowest BCUT2D eigenvalue weighted by molar-refractivity contribution is 0.161. The third kappa shape index (κ3) is 3.61. The number of urea groups is 1. The molecule has 2 aromatic rings. The summed E-state index contributed by atoms with van der Waals surface area (Å²) in [4.78, 5) is 29.8. The lowest BCUT2D eigenvalue weighted by Gasteiger charge is -2.32. The molecule has 1 aliphatic rings. The van der Waals surface area contributed by atoms with Gasteiger partial charge in [-0.15, -0.1) is 10.2 Å². The smallest absolute Gasteiger partial charge is 0.318 e. The molecule has 1 unspecified atom stereocenters. The second-order valence-corrected chi connectivity index (χ2v) is 7.23. The molecule has 26 heavy (non-hydrogen) atoms. The van der Waals surface area contributed by atoms with E-state index in [1.807, 2.05) is 42.2 Å². The van der Waals surface area contributed by atoms with E-state index in [-0.39, 0.29) is 22.8 Å². The quantitative estimate of drug-likeness (QED) is 0.882. The Bertz CT molecular complexity index is 831. The van der Waals surface area contributed by atoms with Crippen LogP contribution < -0.4 is 10.9 Å². The molecule has 1 saturated heterocycles. The number of carbonyl (C=O) groups excluding carboxylic acids is 1. The maximum absolute atomic E-state index is 12.7. The van der Waals surface area contributed by atoms with Crippen molar-refractivity contribution in [2.45, 2.75) is 51.6 Å². The molecule has 3 rings (SSSR count). The summed E-state index contributed by atoms with van der Waals surface area (Å²) in [5, 5.41) is 11.2. The fourth-order valence-electron chi connectivity index (χ4n) is 3.37. The number of hydrogen-bond acceptors (Lipinski definition) is 4. The van der Waals surface area contributed by atoms with Crippen molar-refractivity contribution >= 4 is 6.03 Å². The van der Waals surface area contributed by atoms with Gasteiger partial charge in [0.05, 0.1) is 6.04 Å². The standard InChI is InChI=1S/C19H25N5O2/c1-4-14(20-18(26)24-12-8-11-19(24,2)3)15-17(25)21-16(23-22-15)13-9-6-5-7-10-13/h5-7,9-10,14H,4,8,11-12H2,1-3H3,(H,20,26)(H,21,23,25). The van der Waals surface area contributed by atoms with Crippen LogP contribution >= 0.6 is 0 Å². The normalized spacial score (nSPS) is 17.1. The van der Waals surface area contributed by atoms with Crippen molar-refractivity contribution in [3.8, 4) is 11.4 Å². The summed E-state index contributed by atoms with van der Waals surface area (Å²) in [5.74, 6) is 0.418. The van der Waals surface area contributed by atoms with Gasteiger partial charge in [0.2, 0.25) is 0 Å². The van der Waals surface area contributed by atoms with E-state index in [1.54, 1.807) is 0 Å².